The molecule has 9 heteroatoms. The SMILES string of the molecule is FC(F)c1ccc2ncc(-c3cccc(N[C@H]4CNC[C@@H]4C(F)F)n3)n2c1. The fourth-order valence-electron chi connectivity index (χ4n) is 3.29. The maximum absolute atomic E-state index is 13.1. The van der Waals surface area contributed by atoms with Crippen molar-refractivity contribution in [3.8, 4) is 11.4 Å². The molecule has 0 aliphatic carbocycles. The Morgan fingerprint density at radius 3 is 2.74 bits per heavy atom. The summed E-state index contributed by atoms with van der Waals surface area (Å²) in [7, 11) is 0. The average Bonchev–Trinajstić information content (AvgIpc) is 3.28. The molecule has 3 aromatic heterocycles. The second-order valence-corrected chi connectivity index (χ2v) is 6.45. The van der Waals surface area contributed by atoms with Crippen LogP contribution in [-0.4, -0.2) is 39.9 Å². The molecule has 0 bridgehead atoms. The fourth-order valence-corrected chi connectivity index (χ4v) is 3.29. The summed E-state index contributed by atoms with van der Waals surface area (Å²) < 4.78 is 53.8. The van der Waals surface area contributed by atoms with Crippen LogP contribution in [0.4, 0.5) is 23.4 Å². The van der Waals surface area contributed by atoms with Crippen molar-refractivity contribution < 1.29 is 17.6 Å². The summed E-state index contributed by atoms with van der Waals surface area (Å²) in [6, 6.07) is 7.57. The maximum atomic E-state index is 13.1. The first-order valence-corrected chi connectivity index (χ1v) is 8.51. The van der Waals surface area contributed by atoms with E-state index < -0.39 is 24.8 Å². The van der Waals surface area contributed by atoms with Crippen LogP contribution in [0.5, 0.6) is 0 Å². The zero-order chi connectivity index (χ0) is 19.0. The van der Waals surface area contributed by atoms with E-state index in [0.29, 0.717) is 29.4 Å². The molecule has 4 heterocycles. The van der Waals surface area contributed by atoms with E-state index in [1.165, 1.54) is 18.3 Å². The Morgan fingerprint density at radius 2 is 1.96 bits per heavy atom. The first-order chi connectivity index (χ1) is 13.0. The van der Waals surface area contributed by atoms with Crippen LogP contribution in [0.15, 0.2) is 42.7 Å². The normalized spacial score (nSPS) is 20.1. The van der Waals surface area contributed by atoms with Crippen LogP contribution >= 0.6 is 0 Å². The van der Waals surface area contributed by atoms with E-state index in [2.05, 4.69) is 20.6 Å². The number of halogens is 4. The summed E-state index contributed by atoms with van der Waals surface area (Å²) in [6.45, 7) is 0.674. The molecule has 1 fully saturated rings. The minimum atomic E-state index is -2.59. The predicted octanol–water partition coefficient (Wildman–Crippen LogP) is 3.60. The molecule has 142 valence electrons. The topological polar surface area (TPSA) is 54.2 Å². The number of anilines is 1. The van der Waals surface area contributed by atoms with Gasteiger partial charge in [0.05, 0.1) is 23.5 Å². The van der Waals surface area contributed by atoms with Crippen molar-refractivity contribution in [2.24, 2.45) is 5.92 Å². The number of imidazole rings is 1. The third-order valence-electron chi connectivity index (χ3n) is 4.71. The van der Waals surface area contributed by atoms with Crippen molar-refractivity contribution in [2.75, 3.05) is 18.4 Å². The lowest BCUT2D eigenvalue weighted by molar-refractivity contribution is 0.0825. The molecule has 0 radical (unpaired) electrons. The summed E-state index contributed by atoms with van der Waals surface area (Å²) in [5.41, 5.74) is 1.46. The first-order valence-electron chi connectivity index (χ1n) is 8.51. The van der Waals surface area contributed by atoms with Gasteiger partial charge in [-0.25, -0.2) is 27.5 Å². The molecule has 3 aromatic rings. The van der Waals surface area contributed by atoms with Gasteiger partial charge in [-0.3, -0.25) is 4.40 Å². The molecule has 1 aliphatic heterocycles. The van der Waals surface area contributed by atoms with Gasteiger partial charge in [0.25, 0.3) is 6.43 Å². The standard InChI is InChI=1S/C18H17F4N5/c19-17(20)10-4-5-16-24-8-14(27(16)9-10)12-2-1-3-15(25-12)26-13-7-23-6-11(13)18(21)22/h1-5,8-9,11,13,17-18,23H,6-7H2,(H,25,26)/t11-,13-/m0/s1. The number of fused-ring (bicyclic) bond motifs is 1. The van der Waals surface area contributed by atoms with Crippen LogP contribution in [0.2, 0.25) is 0 Å². The average molecular weight is 379 g/mol. The monoisotopic (exact) mass is 379 g/mol. The Hall–Kier alpha value is -2.68. The lowest BCUT2D eigenvalue weighted by Crippen LogP contribution is -2.32. The highest BCUT2D eigenvalue weighted by atomic mass is 19.3. The Labute approximate surface area is 152 Å². The second-order valence-electron chi connectivity index (χ2n) is 6.45. The molecular formula is C18H17F4N5. The van der Waals surface area contributed by atoms with Crippen LogP contribution in [0.1, 0.15) is 12.0 Å². The number of rotatable bonds is 5. The summed E-state index contributed by atoms with van der Waals surface area (Å²) in [4.78, 5) is 8.68. The van der Waals surface area contributed by atoms with Gasteiger partial charge in [-0.15, -0.1) is 0 Å². The predicted molar refractivity (Wildman–Crippen MR) is 93.2 cm³/mol. The van der Waals surface area contributed by atoms with Crippen LogP contribution in [0.25, 0.3) is 17.0 Å². The summed E-state index contributed by atoms with van der Waals surface area (Å²) in [5, 5.41) is 6.00. The largest absolute Gasteiger partial charge is 0.365 e. The third-order valence-corrected chi connectivity index (χ3v) is 4.71. The number of alkyl halides is 4. The van der Waals surface area contributed by atoms with Gasteiger partial charge in [-0.1, -0.05) is 6.07 Å². The molecule has 5 nitrogen and oxygen atoms in total. The van der Waals surface area contributed by atoms with Crippen LogP contribution < -0.4 is 10.6 Å². The van der Waals surface area contributed by atoms with Crippen LogP contribution in [0, 0.1) is 5.92 Å². The number of nitrogens with one attached hydrogen (secondary N) is 2. The van der Waals surface area contributed by atoms with E-state index in [0.717, 1.165) is 0 Å². The Kier molecular flexibility index (Phi) is 4.69. The van der Waals surface area contributed by atoms with E-state index in [4.69, 9.17) is 0 Å². The summed E-state index contributed by atoms with van der Waals surface area (Å²) >= 11 is 0. The van der Waals surface area contributed by atoms with Crippen LogP contribution in [0.3, 0.4) is 0 Å². The number of hydrogen-bond donors (Lipinski definition) is 2. The van der Waals surface area contributed by atoms with E-state index in [9.17, 15) is 17.6 Å². The second kappa shape index (κ2) is 7.15. The highest BCUT2D eigenvalue weighted by molar-refractivity contribution is 5.62. The van der Waals surface area contributed by atoms with Crippen LogP contribution in [-0.2, 0) is 0 Å². The van der Waals surface area contributed by atoms with Gasteiger partial charge in [0.1, 0.15) is 11.5 Å². The Morgan fingerprint density at radius 1 is 1.11 bits per heavy atom. The number of aromatic nitrogens is 3. The number of hydrogen-bond acceptors (Lipinski definition) is 4. The molecular weight excluding hydrogens is 362 g/mol. The highest BCUT2D eigenvalue weighted by Crippen LogP contribution is 2.26. The lowest BCUT2D eigenvalue weighted by Gasteiger charge is -2.20. The number of pyridine rings is 2. The smallest absolute Gasteiger partial charge is 0.265 e. The van der Waals surface area contributed by atoms with Gasteiger partial charge in [0, 0.05) is 30.9 Å². The van der Waals surface area contributed by atoms with Gasteiger partial charge in [0.2, 0.25) is 6.43 Å². The maximum Gasteiger partial charge on any atom is 0.265 e. The molecule has 2 atom stereocenters. The van der Waals surface area contributed by atoms with Crippen molar-refractivity contribution in [1.82, 2.24) is 19.7 Å². The van der Waals surface area contributed by atoms with Gasteiger partial charge < -0.3 is 10.6 Å². The van der Waals surface area contributed by atoms with Crippen molar-refractivity contribution in [3.63, 3.8) is 0 Å². The minimum absolute atomic E-state index is 0.118. The molecule has 0 saturated carbocycles. The van der Waals surface area contributed by atoms with E-state index in [1.54, 1.807) is 28.8 Å². The Balaban J connectivity index is 1.65. The molecule has 4 rings (SSSR count). The van der Waals surface area contributed by atoms with E-state index in [-0.39, 0.29) is 12.1 Å². The van der Waals surface area contributed by atoms with Gasteiger partial charge in [-0.05, 0) is 24.3 Å². The zero-order valence-corrected chi connectivity index (χ0v) is 14.1. The number of nitrogens with zero attached hydrogens (tertiary/aromatic N) is 3. The van der Waals surface area contributed by atoms with Gasteiger partial charge in [-0.2, -0.15) is 0 Å². The quantitative estimate of drug-likeness (QED) is 0.665. The van der Waals surface area contributed by atoms with Crippen molar-refractivity contribution in [3.05, 3.63) is 48.3 Å². The van der Waals surface area contributed by atoms with Gasteiger partial charge in [0.15, 0.2) is 0 Å². The molecule has 1 aliphatic rings. The van der Waals surface area contributed by atoms with Crippen molar-refractivity contribution in [2.45, 2.75) is 18.9 Å². The zero-order valence-electron chi connectivity index (χ0n) is 14.1. The van der Waals surface area contributed by atoms with Gasteiger partial charge >= 0.3 is 0 Å². The highest BCUT2D eigenvalue weighted by Gasteiger charge is 2.34. The molecule has 2 N–H and O–H groups in total. The van der Waals surface area contributed by atoms with Crippen molar-refractivity contribution in [1.29, 1.82) is 0 Å². The minimum Gasteiger partial charge on any atom is -0.365 e. The fraction of sp³-hybridized carbons (Fsp3) is 0.333. The Bertz CT molecular complexity index is 942. The molecule has 0 aromatic carbocycles. The molecule has 0 amide bonds. The summed E-state index contributed by atoms with van der Waals surface area (Å²) in [6.07, 6.45) is -2.13. The van der Waals surface area contributed by atoms with E-state index >= 15 is 0 Å². The first kappa shape index (κ1) is 17.7. The molecule has 0 unspecified atom stereocenters. The molecule has 0 spiro atoms. The third kappa shape index (κ3) is 3.46. The van der Waals surface area contributed by atoms with E-state index in [1.807, 2.05) is 0 Å². The molecule has 1 saturated heterocycles. The lowest BCUT2D eigenvalue weighted by atomic mass is 10.0. The molecule has 27 heavy (non-hydrogen) atoms. The van der Waals surface area contributed by atoms with Crippen molar-refractivity contribution >= 4 is 11.5 Å². The summed E-state index contributed by atoms with van der Waals surface area (Å²) in [5.74, 6) is -0.341.